The Morgan fingerprint density at radius 1 is 0.603 bits per heavy atom. The minimum atomic E-state index is -0.717. The van der Waals surface area contributed by atoms with E-state index in [9.17, 15) is 19.2 Å². The van der Waals surface area contributed by atoms with Crippen LogP contribution >= 0.6 is 0 Å². The van der Waals surface area contributed by atoms with E-state index in [-0.39, 0.29) is 59.7 Å². The van der Waals surface area contributed by atoms with Crippen molar-refractivity contribution in [2.24, 2.45) is 23.7 Å². The lowest BCUT2D eigenvalue weighted by Gasteiger charge is -2.33. The molecule has 0 aliphatic carbocycles. The number of nitrogens with zero attached hydrogens (tertiary/aromatic N) is 4. The first kappa shape index (κ1) is 42.0. The smallest absolute Gasteiger partial charge is 0.407 e. The van der Waals surface area contributed by atoms with Gasteiger partial charge in [0.05, 0.1) is 50.1 Å². The molecule has 0 radical (unpaired) electrons. The fraction of sp³-hybridized carbons (Fsp3) is 0.500. The number of methoxy groups -OCH3 is 2. The molecule has 2 aromatic carbocycles. The lowest BCUT2D eigenvalue weighted by atomic mass is 10.0. The third-order valence-electron chi connectivity index (χ3n) is 12.2. The van der Waals surface area contributed by atoms with Gasteiger partial charge in [-0.15, -0.1) is 0 Å². The highest BCUT2D eigenvalue weighted by Crippen LogP contribution is 2.41. The monoisotopic (exact) mass is 794 g/mol. The van der Waals surface area contributed by atoms with Gasteiger partial charge in [0, 0.05) is 12.1 Å². The van der Waals surface area contributed by atoms with Crippen LogP contribution in [-0.4, -0.2) is 92.1 Å². The quantitative estimate of drug-likeness (QED) is 0.121. The highest BCUT2D eigenvalue weighted by molar-refractivity contribution is 5.87. The summed E-state index contributed by atoms with van der Waals surface area (Å²) in [6.45, 7) is 16.0. The van der Waals surface area contributed by atoms with Gasteiger partial charge < -0.3 is 39.9 Å². The summed E-state index contributed by atoms with van der Waals surface area (Å²) in [4.78, 5) is 72.2. The van der Waals surface area contributed by atoms with Gasteiger partial charge in [-0.05, 0) is 72.6 Å². The number of alkyl carbamates (subject to hydrolysis) is 2. The number of imidazole rings is 2. The van der Waals surface area contributed by atoms with E-state index in [1.165, 1.54) is 14.2 Å². The zero-order valence-corrected chi connectivity index (χ0v) is 35.2. The number of amides is 4. The van der Waals surface area contributed by atoms with E-state index in [1.54, 1.807) is 0 Å². The molecule has 4 amide bonds. The zero-order valence-electron chi connectivity index (χ0n) is 35.2. The van der Waals surface area contributed by atoms with Gasteiger partial charge >= 0.3 is 12.2 Å². The van der Waals surface area contributed by atoms with Crippen molar-refractivity contribution in [3.63, 3.8) is 0 Å². The fourth-order valence-electron chi connectivity index (χ4n) is 8.35. The van der Waals surface area contributed by atoms with Crippen molar-refractivity contribution in [2.45, 2.75) is 104 Å². The molecule has 2 fully saturated rings. The largest absolute Gasteiger partial charge is 0.453 e. The predicted molar refractivity (Wildman–Crippen MR) is 221 cm³/mol. The number of hydrogen-bond acceptors (Lipinski definition) is 8. The minimum Gasteiger partial charge on any atom is -0.453 e. The summed E-state index contributed by atoms with van der Waals surface area (Å²) in [7, 11) is 2.59. The van der Waals surface area contributed by atoms with Gasteiger partial charge in [-0.1, -0.05) is 90.1 Å². The summed E-state index contributed by atoms with van der Waals surface area (Å²) in [6.07, 6.45) is 3.87. The summed E-state index contributed by atoms with van der Waals surface area (Å²) in [5.41, 5.74) is 5.75. The van der Waals surface area contributed by atoms with E-state index >= 15 is 0 Å². The van der Waals surface area contributed by atoms with Crippen LogP contribution in [-0.2, 0) is 19.1 Å². The summed E-state index contributed by atoms with van der Waals surface area (Å²) in [5.74, 6) is 1.38. The molecular weight excluding hydrogens is 737 g/mol. The molecule has 8 unspecified atom stereocenters. The van der Waals surface area contributed by atoms with Gasteiger partial charge in [-0.25, -0.2) is 19.6 Å². The number of likely N-dealkylation sites (tertiary alicyclic amines) is 2. The number of ether oxygens (including phenoxy) is 2. The normalized spacial score (nSPS) is 22.9. The number of nitrogens with one attached hydrogen (secondary N) is 4. The van der Waals surface area contributed by atoms with Crippen molar-refractivity contribution in [3.05, 3.63) is 72.6 Å². The Balaban J connectivity index is 1.15. The Labute approximate surface area is 340 Å². The number of aromatic amines is 2. The highest BCUT2D eigenvalue weighted by atomic mass is 16.5. The van der Waals surface area contributed by atoms with E-state index in [0.717, 1.165) is 46.5 Å². The van der Waals surface area contributed by atoms with Crippen LogP contribution < -0.4 is 10.6 Å². The molecule has 310 valence electrons. The fourth-order valence-corrected chi connectivity index (χ4v) is 8.35. The summed E-state index contributed by atoms with van der Waals surface area (Å²) >= 11 is 0. The highest BCUT2D eigenvalue weighted by Gasteiger charge is 2.46. The zero-order chi connectivity index (χ0) is 42.0. The van der Waals surface area contributed by atoms with Crippen LogP contribution in [0.15, 0.2) is 60.9 Å². The second kappa shape index (κ2) is 17.5. The van der Waals surface area contributed by atoms with Crippen LogP contribution in [0.2, 0.25) is 0 Å². The molecule has 14 heteroatoms. The number of H-pyrrole nitrogens is 2. The summed E-state index contributed by atoms with van der Waals surface area (Å²) in [5, 5.41) is 5.46. The van der Waals surface area contributed by atoms with E-state index in [4.69, 9.17) is 19.4 Å². The molecule has 2 aliphatic heterocycles. The van der Waals surface area contributed by atoms with E-state index in [1.807, 2.05) is 63.7 Å². The SMILES string of the molecule is COC(=O)NC(C(=O)N1C(c2ncc(-c3ccc(-c4ccc(-c5cnc(C6CC(C)C(C)N6C(=O)C(NC(=O)OC)C(C)C)[nH]5)cc4)cc3)[nH]2)CC(C)C1C)C(C)C. The molecule has 58 heavy (non-hydrogen) atoms. The first-order valence-electron chi connectivity index (χ1n) is 20.3. The van der Waals surface area contributed by atoms with Crippen molar-refractivity contribution in [2.75, 3.05) is 14.2 Å². The van der Waals surface area contributed by atoms with Crippen LogP contribution in [0.3, 0.4) is 0 Å². The standard InChI is InChI=1S/C44H58N8O6/c1-23(2)37(49-43(55)57-9)41(53)51-27(7)25(5)19-35(51)39-45-21-33(47-39)31-15-11-29(12-16-31)30-13-17-32(18-14-30)34-22-46-40(48-34)36-20-26(6)28(8)52(36)42(54)38(24(3)4)50-44(56)58-10/h11-18,21-28,35-38H,19-20H2,1-10H3,(H,45,47)(H,46,48)(H,49,55)(H,50,56). The van der Waals surface area contributed by atoms with Gasteiger partial charge in [0.2, 0.25) is 11.8 Å². The number of rotatable bonds is 11. The lowest BCUT2D eigenvalue weighted by Crippen LogP contribution is -2.53. The molecule has 4 heterocycles. The molecule has 14 nitrogen and oxygen atoms in total. The molecular formula is C44H58N8O6. The van der Waals surface area contributed by atoms with Crippen LogP contribution in [0, 0.1) is 23.7 Å². The Bertz CT molecular complexity index is 1930. The maximum atomic E-state index is 13.9. The first-order chi connectivity index (χ1) is 27.6. The number of benzene rings is 2. The number of carbonyl (C=O) groups is 4. The van der Waals surface area contributed by atoms with E-state index < -0.39 is 24.3 Å². The molecule has 4 aromatic rings. The van der Waals surface area contributed by atoms with Crippen molar-refractivity contribution >= 4 is 24.0 Å². The lowest BCUT2D eigenvalue weighted by molar-refractivity contribution is -0.138. The molecule has 2 saturated heterocycles. The maximum Gasteiger partial charge on any atom is 0.407 e. The summed E-state index contributed by atoms with van der Waals surface area (Å²) in [6, 6.07) is 14.5. The van der Waals surface area contributed by atoms with E-state index in [2.05, 4.69) is 83.0 Å². The topological polar surface area (TPSA) is 175 Å². The van der Waals surface area contributed by atoms with Crippen molar-refractivity contribution in [1.82, 2.24) is 40.4 Å². The van der Waals surface area contributed by atoms with Gasteiger partial charge in [0.15, 0.2) is 0 Å². The van der Waals surface area contributed by atoms with Gasteiger partial charge in [-0.3, -0.25) is 9.59 Å². The van der Waals surface area contributed by atoms with Gasteiger partial charge in [-0.2, -0.15) is 0 Å². The Morgan fingerprint density at radius 2 is 0.931 bits per heavy atom. The second-order valence-electron chi connectivity index (χ2n) is 16.7. The Kier molecular flexibility index (Phi) is 12.6. The molecule has 2 aromatic heterocycles. The van der Waals surface area contributed by atoms with Crippen molar-refractivity contribution in [3.8, 4) is 33.6 Å². The molecule has 6 rings (SSSR count). The van der Waals surface area contributed by atoms with Crippen molar-refractivity contribution < 1.29 is 28.7 Å². The third kappa shape index (κ3) is 8.46. The molecule has 2 aliphatic rings. The number of carbonyl (C=O) groups excluding carboxylic acids is 4. The van der Waals surface area contributed by atoms with Crippen LogP contribution in [0.1, 0.15) is 92.0 Å². The van der Waals surface area contributed by atoms with Crippen molar-refractivity contribution in [1.29, 1.82) is 0 Å². The van der Waals surface area contributed by atoms with E-state index in [0.29, 0.717) is 11.6 Å². The number of aromatic nitrogens is 4. The van der Waals surface area contributed by atoms with Crippen LogP contribution in [0.4, 0.5) is 9.59 Å². The number of hydrogen-bond donors (Lipinski definition) is 4. The van der Waals surface area contributed by atoms with Crippen LogP contribution in [0.25, 0.3) is 33.6 Å². The summed E-state index contributed by atoms with van der Waals surface area (Å²) < 4.78 is 9.61. The molecule has 0 bridgehead atoms. The molecule has 0 saturated carbocycles. The third-order valence-corrected chi connectivity index (χ3v) is 12.2. The second-order valence-corrected chi connectivity index (χ2v) is 16.7. The Morgan fingerprint density at radius 3 is 1.24 bits per heavy atom. The van der Waals surface area contributed by atoms with Gasteiger partial charge in [0.25, 0.3) is 0 Å². The van der Waals surface area contributed by atoms with Gasteiger partial charge in [0.1, 0.15) is 23.7 Å². The average Bonchev–Trinajstić information content (AvgIpc) is 4.02. The molecule has 8 atom stereocenters. The molecule has 0 spiro atoms. The molecule has 4 N–H and O–H groups in total. The van der Waals surface area contributed by atoms with Crippen LogP contribution in [0.5, 0.6) is 0 Å². The first-order valence-corrected chi connectivity index (χ1v) is 20.3. The minimum absolute atomic E-state index is 0.0328. The average molecular weight is 795 g/mol. The maximum absolute atomic E-state index is 13.9. The predicted octanol–water partition coefficient (Wildman–Crippen LogP) is 7.49. The Hall–Kier alpha value is -5.66.